The van der Waals surface area contributed by atoms with E-state index in [1.807, 2.05) is 0 Å². The maximum atomic E-state index is 9.97. The predicted molar refractivity (Wildman–Crippen MR) is 65.3 cm³/mol. The van der Waals surface area contributed by atoms with Crippen LogP contribution < -0.4 is 0 Å². The molecule has 0 bridgehead atoms. The second kappa shape index (κ2) is 4.30. The molecular weight excluding hydrogens is 198 g/mol. The van der Waals surface area contributed by atoms with Gasteiger partial charge in [-0.15, -0.1) is 0 Å². The van der Waals surface area contributed by atoms with Crippen molar-refractivity contribution in [3.63, 3.8) is 0 Å². The third kappa shape index (κ3) is 2.02. The molecule has 2 heteroatoms. The van der Waals surface area contributed by atoms with Gasteiger partial charge in [0.25, 0.3) is 0 Å². The molecule has 3 fully saturated rings. The van der Waals surface area contributed by atoms with E-state index in [1.54, 1.807) is 0 Å². The summed E-state index contributed by atoms with van der Waals surface area (Å²) < 4.78 is 0. The quantitative estimate of drug-likeness (QED) is 0.777. The van der Waals surface area contributed by atoms with Gasteiger partial charge in [0.05, 0.1) is 6.10 Å². The van der Waals surface area contributed by atoms with Gasteiger partial charge in [0.1, 0.15) is 0 Å². The summed E-state index contributed by atoms with van der Waals surface area (Å²) in [4.78, 5) is 2.60. The molecule has 0 aromatic rings. The van der Waals surface area contributed by atoms with Crippen molar-refractivity contribution in [1.29, 1.82) is 0 Å². The van der Waals surface area contributed by atoms with Gasteiger partial charge >= 0.3 is 0 Å². The fraction of sp³-hybridized carbons (Fsp3) is 1.00. The Morgan fingerprint density at radius 1 is 1.00 bits per heavy atom. The highest BCUT2D eigenvalue weighted by molar-refractivity contribution is 4.98. The number of likely N-dealkylation sites (tertiary alicyclic amines) is 1. The summed E-state index contributed by atoms with van der Waals surface area (Å²) in [7, 11) is 0. The molecule has 2 atom stereocenters. The van der Waals surface area contributed by atoms with Crippen LogP contribution in [0.1, 0.15) is 51.4 Å². The Labute approximate surface area is 99.0 Å². The summed E-state index contributed by atoms with van der Waals surface area (Å²) in [6.07, 6.45) is 10.7. The molecule has 2 aliphatic carbocycles. The van der Waals surface area contributed by atoms with E-state index in [1.165, 1.54) is 64.6 Å². The first-order valence-electron chi connectivity index (χ1n) is 7.18. The summed E-state index contributed by atoms with van der Waals surface area (Å²) in [5.41, 5.74) is 0.722. The van der Waals surface area contributed by atoms with Gasteiger partial charge in [0.2, 0.25) is 0 Å². The number of rotatable bonds is 2. The maximum absolute atomic E-state index is 9.97. The Bertz CT molecular complexity index is 239. The molecule has 1 heterocycles. The molecule has 2 unspecified atom stereocenters. The average molecular weight is 223 g/mol. The van der Waals surface area contributed by atoms with Crippen molar-refractivity contribution < 1.29 is 5.11 Å². The third-order valence-corrected chi connectivity index (χ3v) is 5.14. The highest BCUT2D eigenvalue weighted by Crippen LogP contribution is 2.45. The molecule has 1 N–H and O–H groups in total. The van der Waals surface area contributed by atoms with Crippen molar-refractivity contribution in [1.82, 2.24) is 4.90 Å². The van der Waals surface area contributed by atoms with Gasteiger partial charge in [-0.25, -0.2) is 0 Å². The minimum absolute atomic E-state index is 0.00567. The number of hydrogen-bond acceptors (Lipinski definition) is 2. The van der Waals surface area contributed by atoms with Crippen LogP contribution in [-0.2, 0) is 0 Å². The highest BCUT2D eigenvalue weighted by atomic mass is 16.3. The van der Waals surface area contributed by atoms with Crippen molar-refractivity contribution >= 4 is 0 Å². The zero-order valence-electron chi connectivity index (χ0n) is 10.3. The highest BCUT2D eigenvalue weighted by Gasteiger charge is 2.45. The molecule has 1 spiro atoms. The van der Waals surface area contributed by atoms with Crippen LogP contribution in [0.2, 0.25) is 0 Å². The molecule has 16 heavy (non-hydrogen) atoms. The second-order valence-corrected chi connectivity index (χ2v) is 6.49. The van der Waals surface area contributed by atoms with E-state index in [0.717, 1.165) is 11.8 Å². The van der Waals surface area contributed by atoms with Crippen LogP contribution in [0.3, 0.4) is 0 Å². The van der Waals surface area contributed by atoms with Gasteiger partial charge in [-0.2, -0.15) is 0 Å². The van der Waals surface area contributed by atoms with E-state index >= 15 is 0 Å². The van der Waals surface area contributed by atoms with Crippen LogP contribution in [0.5, 0.6) is 0 Å². The lowest BCUT2D eigenvalue weighted by Gasteiger charge is -2.50. The lowest BCUT2D eigenvalue weighted by Crippen LogP contribution is -2.56. The van der Waals surface area contributed by atoms with E-state index in [9.17, 15) is 5.11 Å². The molecular formula is C14H25NO. The van der Waals surface area contributed by atoms with E-state index in [2.05, 4.69) is 4.90 Å². The molecule has 3 aliphatic rings. The first-order chi connectivity index (χ1) is 7.77. The van der Waals surface area contributed by atoms with E-state index in [0.29, 0.717) is 5.92 Å². The second-order valence-electron chi connectivity index (χ2n) is 6.49. The number of aliphatic hydroxyl groups is 1. The molecule has 1 saturated heterocycles. The Hall–Kier alpha value is -0.0800. The molecule has 2 saturated carbocycles. The summed E-state index contributed by atoms with van der Waals surface area (Å²) in [6.45, 7) is 3.83. The molecule has 0 aromatic heterocycles. The van der Waals surface area contributed by atoms with E-state index < -0.39 is 0 Å². The summed E-state index contributed by atoms with van der Waals surface area (Å²) in [5.74, 6) is 0.576. The zero-order chi connectivity index (χ0) is 11.0. The lowest BCUT2D eigenvalue weighted by molar-refractivity contribution is -0.0329. The van der Waals surface area contributed by atoms with Crippen LogP contribution in [0.4, 0.5) is 0 Å². The maximum Gasteiger partial charge on any atom is 0.0580 e. The van der Waals surface area contributed by atoms with E-state index in [4.69, 9.17) is 0 Å². The van der Waals surface area contributed by atoms with Crippen molar-refractivity contribution in [2.24, 2.45) is 11.3 Å². The molecule has 2 nitrogen and oxygen atoms in total. The number of nitrogens with zero attached hydrogens (tertiary/aromatic N) is 1. The van der Waals surface area contributed by atoms with Gasteiger partial charge in [0.15, 0.2) is 0 Å². The number of aliphatic hydroxyl groups excluding tert-OH is 1. The standard InChI is InChI=1S/C14H25NO/c16-13-6-2-1-5-12(13)9-15-10-14(11-15)7-3-4-8-14/h12-13,16H,1-11H2. The number of hydrogen-bond donors (Lipinski definition) is 1. The van der Waals surface area contributed by atoms with Crippen LogP contribution in [0.15, 0.2) is 0 Å². The SMILES string of the molecule is OC1CCCCC1CN1CC2(CCCC2)C1. The van der Waals surface area contributed by atoms with Crippen molar-refractivity contribution in [2.45, 2.75) is 57.5 Å². The molecule has 92 valence electrons. The smallest absolute Gasteiger partial charge is 0.0580 e. The summed E-state index contributed by atoms with van der Waals surface area (Å²) >= 11 is 0. The van der Waals surface area contributed by atoms with Gasteiger partial charge in [-0.3, -0.25) is 0 Å². The Kier molecular flexibility index (Phi) is 2.97. The Balaban J connectivity index is 1.46. The normalized spacial score (nSPS) is 38.8. The van der Waals surface area contributed by atoms with Crippen molar-refractivity contribution in [2.75, 3.05) is 19.6 Å². The van der Waals surface area contributed by atoms with Crippen molar-refractivity contribution in [3.8, 4) is 0 Å². The zero-order valence-corrected chi connectivity index (χ0v) is 10.3. The van der Waals surface area contributed by atoms with Gasteiger partial charge < -0.3 is 10.0 Å². The topological polar surface area (TPSA) is 23.5 Å². The first kappa shape index (κ1) is 11.0. The largest absolute Gasteiger partial charge is 0.393 e. The van der Waals surface area contributed by atoms with Crippen LogP contribution >= 0.6 is 0 Å². The first-order valence-corrected chi connectivity index (χ1v) is 7.18. The average Bonchev–Trinajstić information content (AvgIpc) is 2.70. The molecule has 1 aliphatic heterocycles. The van der Waals surface area contributed by atoms with Gasteiger partial charge in [-0.05, 0) is 37.0 Å². The molecule has 0 radical (unpaired) electrons. The van der Waals surface area contributed by atoms with Gasteiger partial charge in [-0.1, -0.05) is 25.7 Å². The van der Waals surface area contributed by atoms with Crippen LogP contribution in [-0.4, -0.2) is 35.7 Å². The van der Waals surface area contributed by atoms with Crippen molar-refractivity contribution in [3.05, 3.63) is 0 Å². The van der Waals surface area contributed by atoms with Crippen LogP contribution in [0.25, 0.3) is 0 Å². The summed E-state index contributed by atoms with van der Waals surface area (Å²) in [6, 6.07) is 0. The fourth-order valence-corrected chi connectivity index (χ4v) is 4.21. The van der Waals surface area contributed by atoms with E-state index in [-0.39, 0.29) is 6.10 Å². The molecule has 3 rings (SSSR count). The molecule has 0 aromatic carbocycles. The van der Waals surface area contributed by atoms with Crippen LogP contribution in [0, 0.1) is 11.3 Å². The fourth-order valence-electron chi connectivity index (χ4n) is 4.21. The molecule has 0 amide bonds. The Morgan fingerprint density at radius 2 is 1.69 bits per heavy atom. The predicted octanol–water partition coefficient (Wildman–Crippen LogP) is 2.41. The lowest BCUT2D eigenvalue weighted by atomic mass is 9.76. The minimum Gasteiger partial charge on any atom is -0.393 e. The monoisotopic (exact) mass is 223 g/mol. The minimum atomic E-state index is -0.00567. The van der Waals surface area contributed by atoms with Gasteiger partial charge in [0, 0.05) is 19.6 Å². The summed E-state index contributed by atoms with van der Waals surface area (Å²) in [5, 5.41) is 9.97. The third-order valence-electron chi connectivity index (χ3n) is 5.14. The Morgan fingerprint density at radius 3 is 2.38 bits per heavy atom.